The van der Waals surface area contributed by atoms with Crippen LogP contribution in [-0.2, 0) is 0 Å². The third-order valence-electron chi connectivity index (χ3n) is 3.13. The molecule has 92 valence electrons. The molecule has 1 saturated heterocycles. The van der Waals surface area contributed by atoms with Crippen LogP contribution in [0.4, 0.5) is 4.39 Å². The highest BCUT2D eigenvalue weighted by Crippen LogP contribution is 2.19. The average molecular weight is 300 g/mol. The summed E-state index contributed by atoms with van der Waals surface area (Å²) in [5.74, 6) is -0.380. The molecule has 0 atom stereocenters. The quantitative estimate of drug-likeness (QED) is 0.730. The highest BCUT2D eigenvalue weighted by molar-refractivity contribution is 9.09. The number of hydrogen-bond acceptors (Lipinski definition) is 1. The first kappa shape index (κ1) is 12.6. The summed E-state index contributed by atoms with van der Waals surface area (Å²) >= 11 is 3.54. The number of carbonyl (C=O) groups is 1. The Kier molecular flexibility index (Phi) is 3.82. The predicted octanol–water partition coefficient (Wildman–Crippen LogP) is 3.13. The van der Waals surface area contributed by atoms with Gasteiger partial charge in [0.1, 0.15) is 5.82 Å². The molecular formula is C13H15BrFNO. The lowest BCUT2D eigenvalue weighted by molar-refractivity contribution is 0.0728. The van der Waals surface area contributed by atoms with Gasteiger partial charge in [-0.05, 0) is 37.5 Å². The van der Waals surface area contributed by atoms with Crippen molar-refractivity contribution in [3.63, 3.8) is 0 Å². The van der Waals surface area contributed by atoms with Crippen LogP contribution in [-0.4, -0.2) is 28.7 Å². The normalized spacial score (nSPS) is 17.2. The van der Waals surface area contributed by atoms with Crippen LogP contribution < -0.4 is 0 Å². The SMILES string of the molecule is Cc1ccc(C(=O)N2CCC(Br)CC2)cc1F. The van der Waals surface area contributed by atoms with Crippen LogP contribution in [0.2, 0.25) is 0 Å². The largest absolute Gasteiger partial charge is 0.339 e. The van der Waals surface area contributed by atoms with Crippen LogP contribution in [0.1, 0.15) is 28.8 Å². The Morgan fingerprint density at radius 3 is 2.65 bits per heavy atom. The fourth-order valence-corrected chi connectivity index (χ4v) is 2.37. The van der Waals surface area contributed by atoms with E-state index in [1.165, 1.54) is 6.07 Å². The van der Waals surface area contributed by atoms with Gasteiger partial charge in [-0.2, -0.15) is 0 Å². The average Bonchev–Trinajstić information content (AvgIpc) is 2.33. The molecule has 4 heteroatoms. The van der Waals surface area contributed by atoms with E-state index in [1.807, 2.05) is 0 Å². The molecule has 0 saturated carbocycles. The zero-order valence-electron chi connectivity index (χ0n) is 9.75. The molecule has 1 fully saturated rings. The van der Waals surface area contributed by atoms with Crippen molar-refractivity contribution in [1.82, 2.24) is 4.90 Å². The number of hydrogen-bond donors (Lipinski definition) is 0. The lowest BCUT2D eigenvalue weighted by Gasteiger charge is -2.29. The molecule has 2 nitrogen and oxygen atoms in total. The Hall–Kier alpha value is -0.900. The molecule has 17 heavy (non-hydrogen) atoms. The van der Waals surface area contributed by atoms with Crippen LogP contribution in [0, 0.1) is 12.7 Å². The van der Waals surface area contributed by atoms with E-state index < -0.39 is 0 Å². The molecule has 0 N–H and O–H groups in total. The summed E-state index contributed by atoms with van der Waals surface area (Å²) in [6.07, 6.45) is 1.92. The second-order valence-electron chi connectivity index (χ2n) is 4.43. The molecule has 0 spiro atoms. The summed E-state index contributed by atoms with van der Waals surface area (Å²) in [5.41, 5.74) is 1.02. The minimum absolute atomic E-state index is 0.0664. The number of alkyl halides is 1. The Morgan fingerprint density at radius 2 is 2.06 bits per heavy atom. The maximum atomic E-state index is 13.4. The van der Waals surface area contributed by atoms with Crippen LogP contribution >= 0.6 is 15.9 Å². The van der Waals surface area contributed by atoms with Gasteiger partial charge in [0.05, 0.1) is 0 Å². The van der Waals surface area contributed by atoms with Crippen molar-refractivity contribution >= 4 is 21.8 Å². The lowest BCUT2D eigenvalue weighted by Crippen LogP contribution is -2.38. The van der Waals surface area contributed by atoms with E-state index in [1.54, 1.807) is 24.0 Å². The molecule has 0 aromatic heterocycles. The summed E-state index contributed by atoms with van der Waals surface area (Å²) < 4.78 is 13.4. The summed E-state index contributed by atoms with van der Waals surface area (Å²) in [4.78, 5) is 14.4. The molecule has 0 aliphatic carbocycles. The third kappa shape index (κ3) is 2.86. The molecule has 1 aliphatic rings. The zero-order chi connectivity index (χ0) is 12.4. The number of amides is 1. The highest BCUT2D eigenvalue weighted by atomic mass is 79.9. The lowest BCUT2D eigenvalue weighted by atomic mass is 10.1. The van der Waals surface area contributed by atoms with Gasteiger partial charge in [0.2, 0.25) is 0 Å². The molecule has 0 radical (unpaired) electrons. The van der Waals surface area contributed by atoms with Crippen LogP contribution in [0.15, 0.2) is 18.2 Å². The monoisotopic (exact) mass is 299 g/mol. The number of piperidine rings is 1. The predicted molar refractivity (Wildman–Crippen MR) is 69.0 cm³/mol. The fraction of sp³-hybridized carbons (Fsp3) is 0.462. The maximum absolute atomic E-state index is 13.4. The second-order valence-corrected chi connectivity index (χ2v) is 5.73. The Bertz CT molecular complexity index is 427. The zero-order valence-corrected chi connectivity index (χ0v) is 11.3. The van der Waals surface area contributed by atoms with Crippen molar-refractivity contribution in [2.45, 2.75) is 24.6 Å². The summed E-state index contributed by atoms with van der Waals surface area (Å²) in [6, 6.07) is 4.68. The smallest absolute Gasteiger partial charge is 0.253 e. The molecule has 0 unspecified atom stereocenters. The minimum atomic E-state index is -0.314. The van der Waals surface area contributed by atoms with Gasteiger partial charge in [-0.3, -0.25) is 4.79 Å². The number of rotatable bonds is 1. The highest BCUT2D eigenvalue weighted by Gasteiger charge is 2.22. The summed E-state index contributed by atoms with van der Waals surface area (Å²) in [6.45, 7) is 3.18. The van der Waals surface area contributed by atoms with E-state index in [2.05, 4.69) is 15.9 Å². The molecule has 0 bridgehead atoms. The van der Waals surface area contributed by atoms with Crippen molar-refractivity contribution in [1.29, 1.82) is 0 Å². The third-order valence-corrected chi connectivity index (χ3v) is 4.05. The Labute approximate surface area is 109 Å². The first-order chi connectivity index (χ1) is 8.08. The van der Waals surface area contributed by atoms with E-state index in [-0.39, 0.29) is 11.7 Å². The first-order valence-corrected chi connectivity index (χ1v) is 6.69. The molecule has 1 amide bonds. The van der Waals surface area contributed by atoms with E-state index in [0.29, 0.717) is 16.0 Å². The number of halogens is 2. The van der Waals surface area contributed by atoms with Crippen molar-refractivity contribution in [3.05, 3.63) is 35.1 Å². The Balaban J connectivity index is 2.11. The number of carbonyl (C=O) groups excluding carboxylic acids is 1. The van der Waals surface area contributed by atoms with Gasteiger partial charge in [-0.25, -0.2) is 4.39 Å². The van der Waals surface area contributed by atoms with E-state index in [9.17, 15) is 9.18 Å². The van der Waals surface area contributed by atoms with Crippen LogP contribution in [0.5, 0.6) is 0 Å². The van der Waals surface area contributed by atoms with Crippen LogP contribution in [0.3, 0.4) is 0 Å². The number of nitrogens with zero attached hydrogens (tertiary/aromatic N) is 1. The van der Waals surface area contributed by atoms with Gasteiger partial charge in [0.25, 0.3) is 5.91 Å². The number of aryl methyl sites for hydroxylation is 1. The molecular weight excluding hydrogens is 285 g/mol. The van der Waals surface area contributed by atoms with Gasteiger partial charge >= 0.3 is 0 Å². The number of likely N-dealkylation sites (tertiary alicyclic amines) is 1. The standard InChI is InChI=1S/C13H15BrFNO/c1-9-2-3-10(8-12(9)15)13(17)16-6-4-11(14)5-7-16/h2-3,8,11H,4-7H2,1H3. The van der Waals surface area contributed by atoms with Crippen molar-refractivity contribution < 1.29 is 9.18 Å². The van der Waals surface area contributed by atoms with Gasteiger partial charge < -0.3 is 4.90 Å². The van der Waals surface area contributed by atoms with Crippen molar-refractivity contribution in [3.8, 4) is 0 Å². The molecule has 2 rings (SSSR count). The second kappa shape index (κ2) is 5.17. The molecule has 1 aromatic rings. The first-order valence-electron chi connectivity index (χ1n) is 5.77. The fourth-order valence-electron chi connectivity index (χ4n) is 1.96. The van der Waals surface area contributed by atoms with Gasteiger partial charge in [0.15, 0.2) is 0 Å². The van der Waals surface area contributed by atoms with Gasteiger partial charge in [-0.15, -0.1) is 0 Å². The molecule has 1 heterocycles. The summed E-state index contributed by atoms with van der Waals surface area (Å²) in [7, 11) is 0. The van der Waals surface area contributed by atoms with Gasteiger partial charge in [-0.1, -0.05) is 22.0 Å². The maximum Gasteiger partial charge on any atom is 0.253 e. The molecule has 1 aromatic carbocycles. The minimum Gasteiger partial charge on any atom is -0.339 e. The van der Waals surface area contributed by atoms with E-state index >= 15 is 0 Å². The van der Waals surface area contributed by atoms with E-state index in [0.717, 1.165) is 25.9 Å². The topological polar surface area (TPSA) is 20.3 Å². The summed E-state index contributed by atoms with van der Waals surface area (Å²) in [5, 5.41) is 0. The molecule has 1 aliphatic heterocycles. The van der Waals surface area contributed by atoms with Crippen molar-refractivity contribution in [2.75, 3.05) is 13.1 Å². The number of benzene rings is 1. The Morgan fingerprint density at radius 1 is 1.41 bits per heavy atom. The van der Waals surface area contributed by atoms with Crippen molar-refractivity contribution in [2.24, 2.45) is 0 Å². The van der Waals surface area contributed by atoms with E-state index in [4.69, 9.17) is 0 Å². The van der Waals surface area contributed by atoms with Gasteiger partial charge in [0, 0.05) is 23.5 Å². The van der Waals surface area contributed by atoms with Crippen LogP contribution in [0.25, 0.3) is 0 Å².